The second-order valence-corrected chi connectivity index (χ2v) is 6.03. The number of amides is 1. The average Bonchev–Trinajstić information content (AvgIpc) is 2.97. The van der Waals surface area contributed by atoms with Crippen molar-refractivity contribution in [1.82, 2.24) is 0 Å². The van der Waals surface area contributed by atoms with E-state index < -0.39 is 5.91 Å². The summed E-state index contributed by atoms with van der Waals surface area (Å²) in [6.07, 6.45) is 18.9. The summed E-state index contributed by atoms with van der Waals surface area (Å²) in [6, 6.07) is 0. The summed E-state index contributed by atoms with van der Waals surface area (Å²) < 4.78 is 0. The van der Waals surface area contributed by atoms with Crippen LogP contribution >= 0.6 is 0 Å². The maximum absolute atomic E-state index is 10.2. The predicted octanol–water partition coefficient (Wildman–Crippen LogP) is -0.464. The summed E-state index contributed by atoms with van der Waals surface area (Å²) in [6.45, 7) is 6.62. The number of hydrogen-bond acceptors (Lipinski definition) is 1. The van der Waals surface area contributed by atoms with Crippen LogP contribution in [0.2, 0.25) is 13.1 Å². The molecule has 0 aromatic heterocycles. The second kappa shape index (κ2) is 34.1. The Bertz CT molecular complexity index is 255. The monoisotopic (exact) mass is 454 g/mol. The first kappa shape index (κ1) is 34.9. The van der Waals surface area contributed by atoms with E-state index in [9.17, 15) is 4.79 Å². The molecule has 0 saturated carbocycles. The van der Waals surface area contributed by atoms with Crippen LogP contribution in [0.15, 0.2) is 18.2 Å². The van der Waals surface area contributed by atoms with Crippen LogP contribution < -0.4 is 24.8 Å². The van der Waals surface area contributed by atoms with Crippen LogP contribution in [-0.2, 0) is 31.0 Å². The summed E-state index contributed by atoms with van der Waals surface area (Å²) in [5.74, 6) is -0.413. The summed E-state index contributed by atoms with van der Waals surface area (Å²) >= 11 is 0. The third-order valence-electron chi connectivity index (χ3n) is 2.59. The van der Waals surface area contributed by atoms with Gasteiger partial charge in [0.25, 0.3) is 0 Å². The summed E-state index contributed by atoms with van der Waals surface area (Å²) in [5, 5.41) is 0. The number of nitrogens with one attached hydrogen (secondary N) is 1. The van der Waals surface area contributed by atoms with Crippen LogP contribution in [0.1, 0.15) is 64.7 Å². The van der Waals surface area contributed by atoms with E-state index in [1.165, 1.54) is 32.1 Å². The van der Waals surface area contributed by atoms with Crippen LogP contribution in [0.25, 0.3) is 5.73 Å². The second-order valence-electron chi connectivity index (χ2n) is 4.87. The molecule has 1 N–H and O–H groups in total. The molecule has 0 bridgehead atoms. The topological polar surface area (TPSA) is 40.9 Å². The number of allylic oxidation sites excluding steroid dienone is 4. The molecule has 0 atom stereocenters. The van der Waals surface area contributed by atoms with Gasteiger partial charge >= 0.3 is 26.2 Å². The molecule has 0 aromatic rings. The van der Waals surface area contributed by atoms with E-state index in [1.807, 2.05) is 12.2 Å². The number of rotatable bonds is 8. The molecular weight excluding hydrogens is 424 g/mol. The van der Waals surface area contributed by atoms with Crippen molar-refractivity contribution in [3.8, 4) is 0 Å². The third kappa shape index (κ3) is 45.0. The zero-order valence-corrected chi connectivity index (χ0v) is 20.0. The van der Waals surface area contributed by atoms with Crippen molar-refractivity contribution < 1.29 is 55.8 Å². The number of carbonyl (C=O) groups is 1. The Kier molecular flexibility index (Phi) is 51.6. The van der Waals surface area contributed by atoms with Crippen molar-refractivity contribution in [1.29, 1.82) is 0 Å². The Morgan fingerprint density at radius 2 is 1.57 bits per heavy atom. The fourth-order valence-electron chi connectivity index (χ4n) is 1.58. The third-order valence-corrected chi connectivity index (χ3v) is 2.59. The van der Waals surface area contributed by atoms with Gasteiger partial charge in [-0.15, -0.1) is 6.42 Å². The van der Waals surface area contributed by atoms with Gasteiger partial charge in [-0.2, -0.15) is 6.08 Å². The Morgan fingerprint density at radius 1 is 1.09 bits per heavy atom. The summed E-state index contributed by atoms with van der Waals surface area (Å²) in [7, 11) is 0.750. The number of carbonyl (C=O) groups excluding carboxylic acids is 1. The van der Waals surface area contributed by atoms with Gasteiger partial charge < -0.3 is 35.3 Å². The van der Waals surface area contributed by atoms with Crippen LogP contribution in [-0.4, -0.2) is 15.4 Å². The molecule has 23 heavy (non-hydrogen) atoms. The molecule has 1 rings (SSSR count). The molecule has 1 amide bonds. The van der Waals surface area contributed by atoms with Gasteiger partial charge in [0, 0.05) is 15.4 Å². The van der Waals surface area contributed by atoms with E-state index in [0.717, 1.165) is 28.8 Å². The predicted molar refractivity (Wildman–Crippen MR) is 92.4 cm³/mol. The number of halogens is 2. The van der Waals surface area contributed by atoms with Gasteiger partial charge in [0.05, 0.1) is 0 Å². The van der Waals surface area contributed by atoms with Gasteiger partial charge in [0.15, 0.2) is 0 Å². The van der Waals surface area contributed by atoms with Gasteiger partial charge in [-0.05, 0) is 12.8 Å². The normalized spacial score (nSPS) is 9.87. The SMILES string of the molecule is CCCCCCCCCC([NH-])=O.C[SiH]C.[C-]1=CC=CC1.[Cl-].[Cl-].[Zr+4]. The van der Waals surface area contributed by atoms with Crippen molar-refractivity contribution in [2.45, 2.75) is 77.8 Å². The van der Waals surface area contributed by atoms with Gasteiger partial charge in [-0.25, -0.2) is 12.2 Å². The Hall–Kier alpha value is 0.630. The van der Waals surface area contributed by atoms with Crippen LogP contribution in [0.4, 0.5) is 0 Å². The fourth-order valence-corrected chi connectivity index (χ4v) is 1.58. The minimum Gasteiger partial charge on any atom is -1.00 e. The van der Waals surface area contributed by atoms with Crippen molar-refractivity contribution >= 4 is 15.4 Å². The van der Waals surface area contributed by atoms with Crippen LogP contribution in [0.5, 0.6) is 0 Å². The first-order chi connectivity index (χ1) is 9.68. The molecule has 2 nitrogen and oxygen atoms in total. The molecule has 0 saturated heterocycles. The minimum atomic E-state index is -0.413. The van der Waals surface area contributed by atoms with E-state index in [-0.39, 0.29) is 51.0 Å². The van der Waals surface area contributed by atoms with E-state index in [4.69, 9.17) is 5.73 Å². The Labute approximate surface area is 178 Å². The molecular formula is C17H32Cl2NOSiZr. The van der Waals surface area contributed by atoms with Gasteiger partial charge in [0.1, 0.15) is 0 Å². The van der Waals surface area contributed by atoms with Crippen LogP contribution in [0.3, 0.4) is 0 Å². The molecule has 0 unspecified atom stereocenters. The fraction of sp³-hybridized carbons (Fsp3) is 0.706. The summed E-state index contributed by atoms with van der Waals surface area (Å²) in [5.41, 5.74) is 6.69. The molecule has 0 aliphatic heterocycles. The zero-order chi connectivity index (χ0) is 15.5. The van der Waals surface area contributed by atoms with E-state index in [2.05, 4.69) is 32.2 Å². The maximum Gasteiger partial charge on any atom is 4.00 e. The van der Waals surface area contributed by atoms with Crippen molar-refractivity contribution in [2.24, 2.45) is 0 Å². The molecule has 0 aromatic carbocycles. The van der Waals surface area contributed by atoms with E-state index >= 15 is 0 Å². The van der Waals surface area contributed by atoms with Crippen molar-refractivity contribution in [3.63, 3.8) is 0 Å². The molecule has 1 radical (unpaired) electrons. The van der Waals surface area contributed by atoms with Crippen molar-refractivity contribution in [3.05, 3.63) is 30.0 Å². The van der Waals surface area contributed by atoms with Crippen molar-refractivity contribution in [2.75, 3.05) is 0 Å². The summed E-state index contributed by atoms with van der Waals surface area (Å²) in [4.78, 5) is 10.2. The van der Waals surface area contributed by atoms with Gasteiger partial charge in [0.2, 0.25) is 0 Å². The molecule has 0 heterocycles. The van der Waals surface area contributed by atoms with Crippen LogP contribution in [0, 0.1) is 6.08 Å². The molecule has 133 valence electrons. The molecule has 0 fully saturated rings. The number of unbranched alkanes of at least 4 members (excludes halogenated alkanes) is 6. The van der Waals surface area contributed by atoms with Gasteiger partial charge in [-0.3, -0.25) is 6.08 Å². The quantitative estimate of drug-likeness (QED) is 0.277. The zero-order valence-electron chi connectivity index (χ0n) is 14.8. The number of hydrogen-bond donors (Lipinski definition) is 0. The first-order valence-corrected chi connectivity index (χ1v) is 10.2. The van der Waals surface area contributed by atoms with E-state index in [1.54, 1.807) is 0 Å². The molecule has 0 spiro atoms. The first-order valence-electron chi connectivity index (χ1n) is 7.89. The molecule has 1 aliphatic carbocycles. The standard InChI is InChI=1S/C10H21NO.C5H5.C2H7Si.2ClH.Zr/c1-2-3-4-5-6-7-8-9-10(11)12;1-2-4-5-3-1;1-3-2;;;/h2-9H2,1H3,(H2,11,12);1-3H,4H2;3H,1-2H3;2*1H;/q;-1;;;;+4/p-3. The minimum absolute atomic E-state index is 0. The largest absolute Gasteiger partial charge is 4.00 e. The Balaban J connectivity index is -0.0000000827. The molecule has 1 aliphatic rings. The Morgan fingerprint density at radius 3 is 1.87 bits per heavy atom. The molecule has 6 heteroatoms. The average molecular weight is 457 g/mol. The maximum atomic E-state index is 10.2. The van der Waals surface area contributed by atoms with Gasteiger partial charge in [-0.1, -0.05) is 58.5 Å². The smallest absolute Gasteiger partial charge is 1.00 e. The van der Waals surface area contributed by atoms with E-state index in [0.29, 0.717) is 6.42 Å².